The fraction of sp³-hybridized carbons (Fsp3) is 0.0833. The number of nitrogens with one attached hydrogen (secondary N) is 2. The number of aliphatic imine (C=N–C) groups is 2. The van der Waals surface area contributed by atoms with Crippen molar-refractivity contribution in [1.29, 1.82) is 0 Å². The third-order valence-corrected chi connectivity index (χ3v) is 4.77. The van der Waals surface area contributed by atoms with Gasteiger partial charge in [-0.3, -0.25) is 19.6 Å². The smallest absolute Gasteiger partial charge is 0.255 e. The molecule has 0 fully saturated rings. The SMILES string of the molecule is CN=C(N)c1ccc(NC(=O)c2ccc(C(=O)Nc3ccc(C(N)=NC)cc3)cc2)cc1. The average Bonchev–Trinajstić information content (AvgIpc) is 2.84. The van der Waals surface area contributed by atoms with Gasteiger partial charge in [-0.05, 0) is 72.8 Å². The molecule has 3 aromatic carbocycles. The third kappa shape index (κ3) is 5.37. The minimum Gasteiger partial charge on any atom is -0.384 e. The second-order valence-electron chi connectivity index (χ2n) is 6.86. The van der Waals surface area contributed by atoms with Gasteiger partial charge in [-0.2, -0.15) is 0 Å². The Balaban J connectivity index is 1.62. The Morgan fingerprint density at radius 3 is 1.12 bits per heavy atom. The van der Waals surface area contributed by atoms with Crippen LogP contribution in [0.1, 0.15) is 31.8 Å². The molecule has 8 nitrogen and oxygen atoms in total. The van der Waals surface area contributed by atoms with Crippen molar-refractivity contribution in [2.24, 2.45) is 21.5 Å². The van der Waals surface area contributed by atoms with Gasteiger partial charge >= 0.3 is 0 Å². The number of anilines is 2. The zero-order valence-electron chi connectivity index (χ0n) is 17.8. The average molecular weight is 428 g/mol. The van der Waals surface area contributed by atoms with Crippen LogP contribution in [0, 0.1) is 0 Å². The molecule has 0 saturated heterocycles. The van der Waals surface area contributed by atoms with Gasteiger partial charge in [0.2, 0.25) is 0 Å². The Morgan fingerprint density at radius 2 is 0.844 bits per heavy atom. The van der Waals surface area contributed by atoms with Crippen LogP contribution in [0.4, 0.5) is 11.4 Å². The first-order valence-electron chi connectivity index (χ1n) is 9.79. The van der Waals surface area contributed by atoms with E-state index < -0.39 is 0 Å². The lowest BCUT2D eigenvalue weighted by atomic mass is 10.1. The zero-order valence-corrected chi connectivity index (χ0v) is 17.8. The summed E-state index contributed by atoms with van der Waals surface area (Å²) in [6.07, 6.45) is 0. The van der Waals surface area contributed by atoms with Crippen molar-refractivity contribution in [2.75, 3.05) is 24.7 Å². The molecule has 0 aliphatic rings. The molecule has 0 aliphatic heterocycles. The first-order valence-corrected chi connectivity index (χ1v) is 9.79. The van der Waals surface area contributed by atoms with Crippen molar-refractivity contribution in [3.05, 3.63) is 95.1 Å². The van der Waals surface area contributed by atoms with Crippen molar-refractivity contribution in [1.82, 2.24) is 0 Å². The van der Waals surface area contributed by atoms with Crippen molar-refractivity contribution >= 4 is 34.9 Å². The van der Waals surface area contributed by atoms with E-state index in [-0.39, 0.29) is 11.8 Å². The number of carbonyl (C=O) groups is 2. The van der Waals surface area contributed by atoms with Crippen LogP contribution in [0.2, 0.25) is 0 Å². The second kappa shape index (κ2) is 10.0. The van der Waals surface area contributed by atoms with Crippen LogP contribution >= 0.6 is 0 Å². The van der Waals surface area contributed by atoms with Gasteiger partial charge in [0, 0.05) is 47.7 Å². The quantitative estimate of drug-likeness (QED) is 0.355. The van der Waals surface area contributed by atoms with Gasteiger partial charge in [-0.25, -0.2) is 0 Å². The minimum atomic E-state index is -0.285. The monoisotopic (exact) mass is 428 g/mol. The van der Waals surface area contributed by atoms with Gasteiger partial charge in [0.1, 0.15) is 11.7 Å². The maximum atomic E-state index is 12.5. The molecule has 3 rings (SSSR count). The molecule has 32 heavy (non-hydrogen) atoms. The highest BCUT2D eigenvalue weighted by atomic mass is 16.2. The van der Waals surface area contributed by atoms with Crippen molar-refractivity contribution < 1.29 is 9.59 Å². The lowest BCUT2D eigenvalue weighted by Crippen LogP contribution is -2.15. The van der Waals surface area contributed by atoms with Crippen LogP contribution in [0.5, 0.6) is 0 Å². The molecule has 0 radical (unpaired) electrons. The van der Waals surface area contributed by atoms with E-state index in [4.69, 9.17) is 11.5 Å². The highest BCUT2D eigenvalue weighted by Gasteiger charge is 2.10. The van der Waals surface area contributed by atoms with E-state index in [9.17, 15) is 9.59 Å². The Hall–Kier alpha value is -4.46. The Labute approximate surface area is 186 Å². The van der Waals surface area contributed by atoms with E-state index in [0.717, 1.165) is 11.1 Å². The molecule has 8 heteroatoms. The molecule has 0 saturated carbocycles. The molecule has 0 spiro atoms. The van der Waals surface area contributed by atoms with E-state index in [1.807, 2.05) is 0 Å². The molecule has 0 unspecified atom stereocenters. The number of hydrogen-bond acceptors (Lipinski definition) is 4. The van der Waals surface area contributed by atoms with Crippen LogP contribution in [0.15, 0.2) is 82.8 Å². The predicted octanol–water partition coefficient (Wildman–Crippen LogP) is 2.86. The van der Waals surface area contributed by atoms with E-state index in [1.54, 1.807) is 86.9 Å². The minimum absolute atomic E-state index is 0.285. The van der Waals surface area contributed by atoms with Gasteiger partial charge in [0.25, 0.3) is 11.8 Å². The lowest BCUT2D eigenvalue weighted by molar-refractivity contribution is 0.101. The summed E-state index contributed by atoms with van der Waals surface area (Å²) in [5, 5.41) is 5.62. The standard InChI is InChI=1S/C24H24N6O2/c1-27-21(25)15-7-11-19(12-8-15)29-23(31)17-3-5-18(6-4-17)24(32)30-20-13-9-16(10-14-20)22(26)28-2/h3-14H,1-2H3,(H2,25,27)(H2,26,28)(H,29,31)(H,30,32). The molecule has 0 aliphatic carbocycles. The Kier molecular flexibility index (Phi) is 6.97. The van der Waals surface area contributed by atoms with Crippen LogP contribution in [0.3, 0.4) is 0 Å². The molecule has 162 valence electrons. The van der Waals surface area contributed by atoms with Crippen molar-refractivity contribution in [3.63, 3.8) is 0 Å². The summed E-state index contributed by atoms with van der Waals surface area (Å²) in [6, 6.07) is 20.5. The number of amidine groups is 2. The van der Waals surface area contributed by atoms with E-state index in [0.29, 0.717) is 34.2 Å². The number of benzene rings is 3. The number of carbonyl (C=O) groups excluding carboxylic acids is 2. The largest absolute Gasteiger partial charge is 0.384 e. The summed E-state index contributed by atoms with van der Waals surface area (Å²) in [6.45, 7) is 0. The molecule has 0 bridgehead atoms. The highest BCUT2D eigenvalue weighted by Crippen LogP contribution is 2.14. The molecular weight excluding hydrogens is 404 g/mol. The summed E-state index contributed by atoms with van der Waals surface area (Å²) in [4.78, 5) is 32.8. The maximum absolute atomic E-state index is 12.5. The van der Waals surface area contributed by atoms with E-state index >= 15 is 0 Å². The molecule has 0 aromatic heterocycles. The molecule has 6 N–H and O–H groups in total. The molecule has 3 aromatic rings. The fourth-order valence-corrected chi connectivity index (χ4v) is 2.89. The summed E-state index contributed by atoms with van der Waals surface area (Å²) in [5.41, 5.74) is 15.2. The van der Waals surface area contributed by atoms with Crippen LogP contribution in [0.25, 0.3) is 0 Å². The van der Waals surface area contributed by atoms with Gasteiger partial charge in [-0.15, -0.1) is 0 Å². The Bertz CT molecular complexity index is 1070. The number of amides is 2. The second-order valence-corrected chi connectivity index (χ2v) is 6.86. The summed E-state index contributed by atoms with van der Waals surface area (Å²) >= 11 is 0. The van der Waals surface area contributed by atoms with E-state index in [2.05, 4.69) is 20.6 Å². The van der Waals surface area contributed by atoms with Gasteiger partial charge in [-0.1, -0.05) is 0 Å². The van der Waals surface area contributed by atoms with Crippen LogP contribution < -0.4 is 22.1 Å². The normalized spacial score (nSPS) is 11.7. The topological polar surface area (TPSA) is 135 Å². The third-order valence-electron chi connectivity index (χ3n) is 4.77. The first-order chi connectivity index (χ1) is 15.4. The molecule has 0 atom stereocenters. The van der Waals surface area contributed by atoms with Gasteiger partial charge in [0.15, 0.2) is 0 Å². The van der Waals surface area contributed by atoms with Crippen LogP contribution in [-0.4, -0.2) is 37.6 Å². The lowest BCUT2D eigenvalue weighted by Gasteiger charge is -2.09. The fourth-order valence-electron chi connectivity index (χ4n) is 2.89. The van der Waals surface area contributed by atoms with Gasteiger partial charge < -0.3 is 22.1 Å². The first kappa shape index (κ1) is 22.2. The summed E-state index contributed by atoms with van der Waals surface area (Å²) in [7, 11) is 3.23. The predicted molar refractivity (Wildman–Crippen MR) is 129 cm³/mol. The summed E-state index contributed by atoms with van der Waals surface area (Å²) in [5.74, 6) is 0.276. The van der Waals surface area contributed by atoms with Crippen molar-refractivity contribution in [2.45, 2.75) is 0 Å². The van der Waals surface area contributed by atoms with E-state index in [1.165, 1.54) is 0 Å². The Morgan fingerprint density at radius 1 is 0.562 bits per heavy atom. The van der Waals surface area contributed by atoms with Crippen LogP contribution in [-0.2, 0) is 0 Å². The van der Waals surface area contributed by atoms with Gasteiger partial charge in [0.05, 0.1) is 0 Å². The number of nitrogens with zero attached hydrogens (tertiary/aromatic N) is 2. The number of rotatable bonds is 6. The molecule has 2 amide bonds. The molecular formula is C24H24N6O2. The number of nitrogens with two attached hydrogens (primary N) is 2. The number of hydrogen-bond donors (Lipinski definition) is 4. The van der Waals surface area contributed by atoms with Crippen molar-refractivity contribution in [3.8, 4) is 0 Å². The summed E-state index contributed by atoms with van der Waals surface area (Å²) < 4.78 is 0. The zero-order chi connectivity index (χ0) is 23.1. The maximum Gasteiger partial charge on any atom is 0.255 e. The highest BCUT2D eigenvalue weighted by molar-refractivity contribution is 6.07. The molecule has 0 heterocycles.